The van der Waals surface area contributed by atoms with E-state index in [1.54, 1.807) is 147 Å². The fourth-order valence-electron chi connectivity index (χ4n) is 17.0. The standard InChI is InChI=1S/C25H27N3O3.C22H26FN3O2.C22H27N3O3.2C21H23F2N3O2/c29-24(26-13-6-14-28-15-17-31-18-16-28)22-10-3-4-12-23(22)27-25(30)21-11-5-8-19-7-1-2-9-20(19)21;1-25-13-15-26(16-14-25)12-6-11-21(27)18-8-3-5-10-20(18)24-22(28)17-7-2-4-9-19(17)23;1-28-18-10-8-17(9-11-18)22(27)24-20-6-3-2-5-19(20)21(26)7-4-14-25-15-12-23-13-16-25;22-16-6-3-7-17(23)20(16)21(28)25-18-8-2-1-5-15(18)19(27)9-4-12-26-13-10-24-11-14-26;22-16-12-15(13-17(23)14-16)21(28)25-19-5-2-1-4-18(19)20(27)6-3-9-26-10-7-24-8-11-26/h1-5,7-12H,6,13-18H2,(H,26,29)(H,27,30);2-5,7-10H,6,11-16H2,1H3,(H,24,28);2-3,5-6,8-11,23H,4,7,12-16H2,1H3,(H,24,27);1-3,5-8,24H,4,9-14H2,(H,25,28);1-2,4-5,12-14,24H,3,6-11H2,(H,25,28). The number of morpholine rings is 1. The van der Waals surface area contributed by atoms with Gasteiger partial charge in [0.1, 0.15) is 40.4 Å². The highest BCUT2D eigenvalue weighted by atomic mass is 19.1. The number of ketones is 4. The molecule has 6 amide bonds. The molecule has 0 radical (unpaired) electrons. The van der Waals surface area contributed by atoms with E-state index in [1.165, 1.54) is 24.3 Å². The molecule has 5 fully saturated rings. The molecule has 143 heavy (non-hydrogen) atoms. The van der Waals surface area contributed by atoms with Crippen molar-refractivity contribution in [3.8, 4) is 5.75 Å². The van der Waals surface area contributed by atoms with E-state index >= 15 is 0 Å². The lowest BCUT2D eigenvalue weighted by Crippen LogP contribution is -2.44. The van der Waals surface area contributed by atoms with E-state index in [0.29, 0.717) is 112 Å². The number of likely N-dealkylation sites (N-methyl/N-ethyl adjacent to an activating group) is 1. The van der Waals surface area contributed by atoms with Crippen molar-refractivity contribution in [1.82, 2.24) is 50.7 Å². The highest BCUT2D eigenvalue weighted by Gasteiger charge is 2.26. The van der Waals surface area contributed by atoms with Gasteiger partial charge in [0.2, 0.25) is 0 Å². The number of piperazine rings is 4. The summed E-state index contributed by atoms with van der Waals surface area (Å²) in [7, 11) is 3.70. The van der Waals surface area contributed by atoms with E-state index in [0.717, 1.165) is 224 Å². The summed E-state index contributed by atoms with van der Waals surface area (Å²) in [4.78, 5) is 140. The van der Waals surface area contributed by atoms with Crippen molar-refractivity contribution in [2.75, 3.05) is 211 Å². The number of hydrogen-bond donors (Lipinski definition) is 9. The molecular formula is C111H126F5N15O12. The van der Waals surface area contributed by atoms with Gasteiger partial charge < -0.3 is 81.8 Å². The van der Waals surface area contributed by atoms with Gasteiger partial charge in [-0.2, -0.15) is 0 Å². The summed E-state index contributed by atoms with van der Waals surface area (Å²) in [6.45, 7) is 24.4. The number of nitrogens with zero attached hydrogens (tertiary/aromatic N) is 6. The highest BCUT2D eigenvalue weighted by molar-refractivity contribution is 6.16. The van der Waals surface area contributed by atoms with Crippen LogP contribution in [0, 0.1) is 29.1 Å². The van der Waals surface area contributed by atoms with Crippen LogP contribution in [0.4, 0.5) is 50.4 Å². The molecule has 32 heteroatoms. The van der Waals surface area contributed by atoms with Crippen LogP contribution in [-0.2, 0) is 4.74 Å². The van der Waals surface area contributed by atoms with Crippen molar-refractivity contribution >= 4 is 97.8 Å². The van der Waals surface area contributed by atoms with Gasteiger partial charge in [0.15, 0.2) is 23.1 Å². The van der Waals surface area contributed by atoms with Crippen molar-refractivity contribution in [2.45, 2.75) is 57.8 Å². The number of anilines is 5. The van der Waals surface area contributed by atoms with E-state index in [-0.39, 0.29) is 57.7 Å². The van der Waals surface area contributed by atoms with Gasteiger partial charge in [0.05, 0.1) is 59.9 Å². The predicted molar refractivity (Wildman–Crippen MR) is 548 cm³/mol. The second-order valence-corrected chi connectivity index (χ2v) is 35.1. The summed E-state index contributed by atoms with van der Waals surface area (Å²) in [6.07, 6.45) is 5.50. The number of rotatable bonds is 36. The van der Waals surface area contributed by atoms with E-state index in [4.69, 9.17) is 9.47 Å². The fourth-order valence-corrected chi connectivity index (χ4v) is 17.0. The molecule has 5 aliphatic rings. The number of methoxy groups -OCH3 is 1. The molecular weight excluding hydrogens is 1830 g/mol. The molecule has 16 rings (SSSR count). The second-order valence-electron chi connectivity index (χ2n) is 35.1. The third-order valence-electron chi connectivity index (χ3n) is 24.9. The third-order valence-corrected chi connectivity index (χ3v) is 24.9. The van der Waals surface area contributed by atoms with Crippen LogP contribution in [-0.4, -0.2) is 272 Å². The number of nitrogens with one attached hydrogen (secondary N) is 9. The van der Waals surface area contributed by atoms with Crippen LogP contribution >= 0.6 is 0 Å². The molecule has 752 valence electrons. The van der Waals surface area contributed by atoms with Crippen LogP contribution in [0.5, 0.6) is 5.75 Å². The molecule has 0 spiro atoms. The Morgan fingerprint density at radius 1 is 0.315 bits per heavy atom. The first-order valence-corrected chi connectivity index (χ1v) is 48.7. The van der Waals surface area contributed by atoms with Crippen molar-refractivity contribution in [2.24, 2.45) is 0 Å². The molecule has 0 saturated carbocycles. The molecule has 9 N–H and O–H groups in total. The topological polar surface area (TPSA) is 317 Å². The van der Waals surface area contributed by atoms with E-state index in [2.05, 4.69) is 84.3 Å². The van der Waals surface area contributed by atoms with Crippen LogP contribution in [0.25, 0.3) is 10.8 Å². The summed E-state index contributed by atoms with van der Waals surface area (Å²) >= 11 is 0. The van der Waals surface area contributed by atoms with Crippen molar-refractivity contribution in [3.05, 3.63) is 333 Å². The quantitative estimate of drug-likeness (QED) is 0.0100. The normalized spacial score (nSPS) is 14.7. The first-order valence-electron chi connectivity index (χ1n) is 48.7. The molecule has 11 aromatic rings. The van der Waals surface area contributed by atoms with Crippen LogP contribution in [0.1, 0.15) is 161 Å². The summed E-state index contributed by atoms with van der Waals surface area (Å²) in [5.41, 5.74) is 4.54. The summed E-state index contributed by atoms with van der Waals surface area (Å²) < 4.78 is 78.7. The van der Waals surface area contributed by atoms with Crippen molar-refractivity contribution in [1.29, 1.82) is 0 Å². The van der Waals surface area contributed by atoms with Gasteiger partial charge in [-0.15, -0.1) is 0 Å². The molecule has 11 aromatic carbocycles. The Bertz CT molecular complexity index is 6040. The van der Waals surface area contributed by atoms with E-state index < -0.39 is 52.4 Å². The van der Waals surface area contributed by atoms with Gasteiger partial charge in [-0.3, -0.25) is 52.8 Å². The molecule has 5 heterocycles. The Balaban J connectivity index is 0.000000160. The number of para-hydroxylation sites is 5. The lowest BCUT2D eigenvalue weighted by molar-refractivity contribution is 0.0374. The number of ether oxygens (including phenoxy) is 2. The van der Waals surface area contributed by atoms with Gasteiger partial charge in [0, 0.05) is 195 Å². The number of hydrogen-bond acceptors (Lipinski definition) is 21. The minimum atomic E-state index is -0.947. The molecule has 0 aromatic heterocycles. The maximum atomic E-state index is 13.8. The van der Waals surface area contributed by atoms with Gasteiger partial charge in [-0.05, 0) is 210 Å². The average Bonchev–Trinajstić information content (AvgIpc) is 0.806. The zero-order valence-electron chi connectivity index (χ0n) is 80.9. The first kappa shape index (κ1) is 108. The highest BCUT2D eigenvalue weighted by Crippen LogP contribution is 2.29. The molecule has 5 saturated heterocycles. The minimum absolute atomic E-state index is 0.0152. The molecule has 0 unspecified atom stereocenters. The van der Waals surface area contributed by atoms with E-state index in [9.17, 15) is 69.9 Å². The molecule has 5 aliphatic heterocycles. The van der Waals surface area contributed by atoms with Gasteiger partial charge in [-0.25, -0.2) is 22.0 Å². The van der Waals surface area contributed by atoms with Gasteiger partial charge >= 0.3 is 0 Å². The lowest BCUT2D eigenvalue weighted by atomic mass is 10.0. The number of Topliss-reactive ketones (excluding diaryl/α,β-unsaturated/α-hetero) is 4. The largest absolute Gasteiger partial charge is 0.497 e. The Morgan fingerprint density at radius 3 is 1.10 bits per heavy atom. The van der Waals surface area contributed by atoms with Crippen LogP contribution in [0.3, 0.4) is 0 Å². The Kier molecular flexibility index (Phi) is 43.3. The zero-order chi connectivity index (χ0) is 101. The van der Waals surface area contributed by atoms with Crippen LogP contribution < -0.4 is 52.6 Å². The maximum absolute atomic E-state index is 13.8. The SMILES string of the molecule is CN1CCN(CCCC(=O)c2ccccc2NC(=O)c2ccccc2F)CC1.COc1ccc(C(=O)Nc2ccccc2C(=O)CCCN2CCNCC2)cc1.O=C(CCCN1CCNCC1)c1ccccc1NC(=O)c1c(F)cccc1F.O=C(NCCCN1CCOCC1)c1ccccc1NC(=O)c1cccc2ccccc12.O=C(Nc1ccccc1C(=O)CCCN1CCNCC1)c1cc(F)cc(F)c1. The minimum Gasteiger partial charge on any atom is -0.497 e. The van der Waals surface area contributed by atoms with Crippen LogP contribution in [0.2, 0.25) is 0 Å². The number of fused-ring (bicyclic) bond motifs is 1. The molecule has 0 atom stereocenters. The van der Waals surface area contributed by atoms with Crippen molar-refractivity contribution in [3.63, 3.8) is 0 Å². The van der Waals surface area contributed by atoms with Gasteiger partial charge in [0.25, 0.3) is 35.4 Å². The smallest absolute Gasteiger partial charge is 0.261 e. The molecule has 0 bridgehead atoms. The summed E-state index contributed by atoms with van der Waals surface area (Å²) in [5, 5.41) is 28.3. The Labute approximate surface area is 831 Å². The monoisotopic (exact) mass is 1960 g/mol. The predicted octanol–water partition coefficient (Wildman–Crippen LogP) is 15.8. The number of carbonyl (C=O) groups is 10. The van der Waals surface area contributed by atoms with Crippen molar-refractivity contribution < 1.29 is 79.4 Å². The third kappa shape index (κ3) is 34.3. The summed E-state index contributed by atoms with van der Waals surface area (Å²) in [6, 6.07) is 66.3. The fraction of sp³-hybridized carbons (Fsp3) is 0.333. The maximum Gasteiger partial charge on any atom is 0.261 e. The Morgan fingerprint density at radius 2 is 0.650 bits per heavy atom. The lowest BCUT2D eigenvalue weighted by Gasteiger charge is -2.32. The van der Waals surface area contributed by atoms with Crippen LogP contribution in [0.15, 0.2) is 249 Å². The number of carbonyl (C=O) groups excluding carboxylic acids is 10. The zero-order valence-corrected chi connectivity index (χ0v) is 80.9. The first-order chi connectivity index (χ1) is 69.5. The Hall–Kier alpha value is -13.8. The number of benzene rings is 11. The molecule has 27 nitrogen and oxygen atoms in total. The second kappa shape index (κ2) is 57.4. The van der Waals surface area contributed by atoms with Gasteiger partial charge in [-0.1, -0.05) is 115 Å². The number of amides is 6. The van der Waals surface area contributed by atoms with E-state index in [1.807, 2.05) is 54.6 Å². The summed E-state index contributed by atoms with van der Waals surface area (Å²) in [5.74, 6) is -6.40. The number of halogens is 5. The average molecular weight is 1960 g/mol. The molecule has 0 aliphatic carbocycles.